The maximum atomic E-state index is 12.1. The lowest BCUT2D eigenvalue weighted by Gasteiger charge is -2.07. The number of halogens is 2. The van der Waals surface area contributed by atoms with E-state index in [2.05, 4.69) is 41.6 Å². The van der Waals surface area contributed by atoms with Crippen molar-refractivity contribution in [2.45, 2.75) is 4.90 Å². The molecule has 18 heavy (non-hydrogen) atoms. The third kappa shape index (κ3) is 3.30. The minimum Gasteiger partial charge on any atom is -0.280 e. The quantitative estimate of drug-likeness (QED) is 0.872. The summed E-state index contributed by atoms with van der Waals surface area (Å²) in [5.74, 6) is 0. The predicted octanol–water partition coefficient (Wildman–Crippen LogP) is 3.41. The van der Waals surface area contributed by atoms with Gasteiger partial charge in [-0.2, -0.15) is 0 Å². The summed E-state index contributed by atoms with van der Waals surface area (Å²) in [6.45, 7) is 0. The number of sulfonamides is 1. The average molecular weight is 392 g/mol. The second kappa shape index (κ2) is 5.38. The number of anilines is 1. The van der Waals surface area contributed by atoms with Crippen LogP contribution in [0.4, 0.5) is 5.69 Å². The first-order valence-corrected chi connectivity index (χ1v) is 7.93. The van der Waals surface area contributed by atoms with Crippen LogP contribution in [-0.4, -0.2) is 13.4 Å². The summed E-state index contributed by atoms with van der Waals surface area (Å²) in [5.41, 5.74) is 0.498. The summed E-state index contributed by atoms with van der Waals surface area (Å²) in [7, 11) is -3.61. The Bertz CT molecular complexity index is 657. The molecule has 2 aromatic rings. The molecule has 4 nitrogen and oxygen atoms in total. The minimum absolute atomic E-state index is 0.111. The largest absolute Gasteiger partial charge is 0.280 e. The summed E-state index contributed by atoms with van der Waals surface area (Å²) in [6.07, 6.45) is 2.82. The summed E-state index contributed by atoms with van der Waals surface area (Å²) in [4.78, 5) is 3.94. The van der Waals surface area contributed by atoms with Gasteiger partial charge in [0.15, 0.2) is 0 Å². The SMILES string of the molecule is O=S(=O)(Nc1ccc(Br)cc1)c1cncc(Br)c1. The molecule has 1 N–H and O–H groups in total. The smallest absolute Gasteiger partial charge is 0.263 e. The monoisotopic (exact) mass is 390 g/mol. The number of benzene rings is 1. The van der Waals surface area contributed by atoms with Crippen molar-refractivity contribution in [1.82, 2.24) is 4.98 Å². The van der Waals surface area contributed by atoms with Crippen molar-refractivity contribution in [3.05, 3.63) is 51.7 Å². The first-order chi connectivity index (χ1) is 8.47. The highest BCUT2D eigenvalue weighted by atomic mass is 79.9. The number of rotatable bonds is 3. The molecular weight excluding hydrogens is 384 g/mol. The molecule has 0 amide bonds. The van der Waals surface area contributed by atoms with Gasteiger partial charge in [-0.25, -0.2) is 8.42 Å². The van der Waals surface area contributed by atoms with Gasteiger partial charge in [0.2, 0.25) is 0 Å². The lowest BCUT2D eigenvalue weighted by molar-refractivity contribution is 0.600. The Morgan fingerprint density at radius 1 is 1.00 bits per heavy atom. The van der Waals surface area contributed by atoms with E-state index in [1.165, 1.54) is 18.5 Å². The fourth-order valence-electron chi connectivity index (χ4n) is 1.27. The van der Waals surface area contributed by atoms with E-state index in [1.54, 1.807) is 24.3 Å². The van der Waals surface area contributed by atoms with Gasteiger partial charge in [-0.05, 0) is 46.3 Å². The van der Waals surface area contributed by atoms with Crippen LogP contribution >= 0.6 is 31.9 Å². The van der Waals surface area contributed by atoms with E-state index in [1.807, 2.05) is 0 Å². The van der Waals surface area contributed by atoms with Gasteiger partial charge in [-0.15, -0.1) is 0 Å². The second-order valence-electron chi connectivity index (χ2n) is 3.45. The van der Waals surface area contributed by atoms with Gasteiger partial charge in [-0.3, -0.25) is 9.71 Å². The van der Waals surface area contributed by atoms with Crippen LogP contribution in [0.2, 0.25) is 0 Å². The van der Waals surface area contributed by atoms with Crippen molar-refractivity contribution >= 4 is 47.6 Å². The van der Waals surface area contributed by atoms with Crippen LogP contribution in [0.1, 0.15) is 0 Å². The topological polar surface area (TPSA) is 59.1 Å². The number of pyridine rings is 1. The van der Waals surface area contributed by atoms with Crippen LogP contribution in [0, 0.1) is 0 Å². The summed E-state index contributed by atoms with van der Waals surface area (Å²) in [5, 5.41) is 0. The molecule has 0 bridgehead atoms. The number of hydrogen-bond donors (Lipinski definition) is 1. The van der Waals surface area contributed by atoms with E-state index >= 15 is 0 Å². The first-order valence-electron chi connectivity index (χ1n) is 4.86. The van der Waals surface area contributed by atoms with Gasteiger partial charge in [0.1, 0.15) is 4.90 Å². The van der Waals surface area contributed by atoms with Crippen LogP contribution in [0.3, 0.4) is 0 Å². The molecule has 0 aliphatic heterocycles. The lowest BCUT2D eigenvalue weighted by Crippen LogP contribution is -2.13. The number of nitrogens with one attached hydrogen (secondary N) is 1. The third-order valence-corrected chi connectivity index (χ3v) is 4.40. The van der Waals surface area contributed by atoms with Gasteiger partial charge >= 0.3 is 0 Å². The van der Waals surface area contributed by atoms with E-state index < -0.39 is 10.0 Å². The summed E-state index contributed by atoms with van der Waals surface area (Å²) in [6, 6.07) is 8.36. The van der Waals surface area contributed by atoms with Crippen molar-refractivity contribution in [2.75, 3.05) is 4.72 Å². The van der Waals surface area contributed by atoms with Crippen LogP contribution in [0.25, 0.3) is 0 Å². The standard InChI is InChI=1S/C11H8Br2N2O2S/c12-8-1-3-10(4-2-8)15-18(16,17)11-5-9(13)6-14-7-11/h1-7,15H. The van der Waals surface area contributed by atoms with Gasteiger partial charge in [0.25, 0.3) is 10.0 Å². The fourth-order valence-corrected chi connectivity index (χ4v) is 3.10. The Labute approximate surface area is 122 Å². The Hall–Kier alpha value is -0.920. The number of hydrogen-bond acceptors (Lipinski definition) is 3. The Kier molecular flexibility index (Phi) is 4.04. The fraction of sp³-hybridized carbons (Fsp3) is 0. The molecule has 7 heteroatoms. The molecular formula is C11H8Br2N2O2S. The van der Waals surface area contributed by atoms with E-state index in [-0.39, 0.29) is 4.90 Å². The summed E-state index contributed by atoms with van der Waals surface area (Å²) < 4.78 is 28.1. The van der Waals surface area contributed by atoms with Crippen molar-refractivity contribution in [3.8, 4) is 0 Å². The highest BCUT2D eigenvalue weighted by molar-refractivity contribution is 9.10. The number of aromatic nitrogens is 1. The molecule has 0 aliphatic carbocycles. The minimum atomic E-state index is -3.61. The molecule has 0 atom stereocenters. The van der Waals surface area contributed by atoms with Crippen molar-refractivity contribution in [3.63, 3.8) is 0 Å². The molecule has 0 radical (unpaired) electrons. The third-order valence-electron chi connectivity index (χ3n) is 2.09. The molecule has 0 saturated carbocycles. The Morgan fingerprint density at radius 2 is 1.67 bits per heavy atom. The molecule has 0 fully saturated rings. The second-order valence-corrected chi connectivity index (χ2v) is 6.97. The van der Waals surface area contributed by atoms with Crippen molar-refractivity contribution in [2.24, 2.45) is 0 Å². The Balaban J connectivity index is 2.30. The van der Waals surface area contributed by atoms with Crippen LogP contribution in [-0.2, 0) is 10.0 Å². The van der Waals surface area contributed by atoms with Crippen molar-refractivity contribution < 1.29 is 8.42 Å². The molecule has 0 unspecified atom stereocenters. The molecule has 2 rings (SSSR count). The molecule has 1 heterocycles. The van der Waals surface area contributed by atoms with E-state index in [0.717, 1.165) is 4.47 Å². The van der Waals surface area contributed by atoms with Crippen LogP contribution in [0.5, 0.6) is 0 Å². The van der Waals surface area contributed by atoms with Gasteiger partial charge in [0, 0.05) is 27.0 Å². The number of nitrogens with zero attached hydrogens (tertiary/aromatic N) is 1. The highest BCUT2D eigenvalue weighted by Gasteiger charge is 2.14. The zero-order valence-electron chi connectivity index (χ0n) is 8.97. The van der Waals surface area contributed by atoms with Gasteiger partial charge in [-0.1, -0.05) is 15.9 Å². The first kappa shape index (κ1) is 13.5. The summed E-state index contributed by atoms with van der Waals surface area (Å²) >= 11 is 6.47. The normalized spacial score (nSPS) is 11.2. The van der Waals surface area contributed by atoms with Crippen LogP contribution in [0.15, 0.2) is 56.6 Å². The molecule has 0 spiro atoms. The average Bonchev–Trinajstić information content (AvgIpc) is 2.32. The molecule has 1 aromatic heterocycles. The zero-order chi connectivity index (χ0) is 13.2. The highest BCUT2D eigenvalue weighted by Crippen LogP contribution is 2.20. The van der Waals surface area contributed by atoms with Crippen LogP contribution < -0.4 is 4.72 Å². The van der Waals surface area contributed by atoms with E-state index in [4.69, 9.17) is 0 Å². The van der Waals surface area contributed by atoms with Gasteiger partial charge in [0.05, 0.1) is 0 Å². The Morgan fingerprint density at radius 3 is 2.28 bits per heavy atom. The predicted molar refractivity (Wildman–Crippen MR) is 76.9 cm³/mol. The molecule has 0 saturated heterocycles. The molecule has 1 aromatic carbocycles. The lowest BCUT2D eigenvalue weighted by atomic mass is 10.3. The maximum absolute atomic E-state index is 12.1. The zero-order valence-corrected chi connectivity index (χ0v) is 13.0. The van der Waals surface area contributed by atoms with E-state index in [0.29, 0.717) is 10.2 Å². The van der Waals surface area contributed by atoms with Crippen molar-refractivity contribution in [1.29, 1.82) is 0 Å². The maximum Gasteiger partial charge on any atom is 0.263 e. The van der Waals surface area contributed by atoms with Gasteiger partial charge < -0.3 is 0 Å². The van der Waals surface area contributed by atoms with E-state index in [9.17, 15) is 8.42 Å². The molecule has 0 aliphatic rings. The molecule has 94 valence electrons.